The zero-order chi connectivity index (χ0) is 64.4. The average Bonchev–Trinajstić information content (AvgIpc) is 1.64. The summed E-state index contributed by atoms with van der Waals surface area (Å²) in [6.07, 6.45) is -16.5. The Morgan fingerprint density at radius 1 is 0.483 bits per heavy atom. The lowest BCUT2D eigenvalue weighted by atomic mass is 9.64. The molecule has 1 aliphatic carbocycles. The first-order chi connectivity index (χ1) is 41.8. The molecule has 0 saturated carbocycles. The lowest BCUT2D eigenvalue weighted by Crippen LogP contribution is -2.69. The summed E-state index contributed by atoms with van der Waals surface area (Å²) in [6.45, 7) is -1.67. The van der Waals surface area contributed by atoms with Gasteiger partial charge in [0, 0.05) is 51.4 Å². The van der Waals surface area contributed by atoms with E-state index in [9.17, 15) is 112 Å². The Bertz CT molecular complexity index is 4250. The van der Waals surface area contributed by atoms with E-state index in [0.717, 1.165) is 12.1 Å². The van der Waals surface area contributed by atoms with E-state index in [4.69, 9.17) is 33.2 Å². The molecule has 6 aromatic carbocycles. The van der Waals surface area contributed by atoms with Gasteiger partial charge < -0.3 is 135 Å². The third-order valence-electron chi connectivity index (χ3n) is 15.9. The van der Waals surface area contributed by atoms with Crippen LogP contribution in [0.4, 0.5) is 0 Å². The maximum atomic E-state index is 15.4. The predicted octanol–water partition coefficient (Wildman–Crippen LogP) is 0.275. The van der Waals surface area contributed by atoms with Crippen LogP contribution in [0.5, 0.6) is 103 Å². The largest absolute Gasteiger partial charge is 0.507 e. The smallest absolute Gasteiger partial charge is 0.339 e. The minimum absolute atomic E-state index is 0.270. The molecule has 6 aromatic rings. The van der Waals surface area contributed by atoms with E-state index in [1.165, 1.54) is 0 Å². The number of Topliss-reactive ketones (excluding diaryl/α,β-unsaturated/α-hetero) is 1. The van der Waals surface area contributed by atoms with Crippen LogP contribution >= 0.6 is 0 Å². The van der Waals surface area contributed by atoms with Crippen molar-refractivity contribution in [1.82, 2.24) is 0 Å². The molecule has 5 heterocycles. The lowest BCUT2D eigenvalue weighted by molar-refractivity contribution is -0.324. The normalized spacial score (nSPS) is 24.7. The summed E-state index contributed by atoms with van der Waals surface area (Å²) in [7, 11) is 0. The molecule has 33 nitrogen and oxygen atoms in total. The molecule has 9 atom stereocenters. The highest BCUT2D eigenvalue weighted by molar-refractivity contribution is 6.14. The minimum Gasteiger partial charge on any atom is -0.507 e. The van der Waals surface area contributed by atoms with E-state index in [1.807, 2.05) is 0 Å². The highest BCUT2D eigenvalue weighted by atomic mass is 16.7. The summed E-state index contributed by atoms with van der Waals surface area (Å²) in [5.41, 5.74) is -12.8. The van der Waals surface area contributed by atoms with Crippen molar-refractivity contribution in [3.63, 3.8) is 0 Å². The van der Waals surface area contributed by atoms with Gasteiger partial charge in [-0.05, 0) is 42.5 Å². The molecular formula is C56H40O33. The van der Waals surface area contributed by atoms with E-state index in [-0.39, 0.29) is 6.07 Å². The number of aliphatic hydroxyl groups excluding tert-OH is 1. The number of carbonyl (C=O) groups is 6. The number of rotatable bonds is 5. The number of benzene rings is 6. The van der Waals surface area contributed by atoms with Gasteiger partial charge in [0.2, 0.25) is 23.0 Å². The molecule has 89 heavy (non-hydrogen) atoms. The molecular weight excluding hydrogens is 1200 g/mol. The number of esters is 5. The molecule has 5 aliphatic heterocycles. The van der Waals surface area contributed by atoms with Gasteiger partial charge in [-0.25, -0.2) is 24.0 Å². The summed E-state index contributed by atoms with van der Waals surface area (Å²) in [4.78, 5) is 90.5. The highest BCUT2D eigenvalue weighted by Gasteiger charge is 2.75. The van der Waals surface area contributed by atoms with Gasteiger partial charge >= 0.3 is 29.8 Å². The van der Waals surface area contributed by atoms with E-state index in [2.05, 4.69) is 0 Å². The van der Waals surface area contributed by atoms with Crippen molar-refractivity contribution in [3.8, 4) is 115 Å². The van der Waals surface area contributed by atoms with Crippen molar-refractivity contribution in [2.45, 2.75) is 66.5 Å². The molecule has 12 rings (SSSR count). The first kappa shape index (κ1) is 57.7. The van der Waals surface area contributed by atoms with Crippen molar-refractivity contribution in [3.05, 3.63) is 104 Å². The number of hydrogen-bond donors (Lipinski definition) is 20. The van der Waals surface area contributed by atoms with Crippen LogP contribution in [0.3, 0.4) is 0 Å². The number of phenols is 16. The van der Waals surface area contributed by atoms with Crippen LogP contribution in [-0.2, 0) is 39.7 Å². The van der Waals surface area contributed by atoms with Gasteiger partial charge in [0.1, 0.15) is 23.9 Å². The van der Waals surface area contributed by atoms with Crippen LogP contribution in [0.15, 0.2) is 59.7 Å². The molecule has 462 valence electrons. The quantitative estimate of drug-likeness (QED) is 0.0477. The number of carbonyl (C=O) groups excluding carboxylic acids is 6. The molecule has 6 aliphatic rings. The fourth-order valence-electron chi connectivity index (χ4n) is 11.8. The van der Waals surface area contributed by atoms with E-state index >= 15 is 19.2 Å². The summed E-state index contributed by atoms with van der Waals surface area (Å²) >= 11 is 0. The van der Waals surface area contributed by atoms with E-state index in [0.29, 0.717) is 30.3 Å². The Kier molecular flexibility index (Phi) is 12.6. The zero-order valence-corrected chi connectivity index (χ0v) is 43.9. The lowest BCUT2D eigenvalue weighted by Gasteiger charge is -2.49. The van der Waals surface area contributed by atoms with Gasteiger partial charge in [-0.2, -0.15) is 0 Å². The van der Waals surface area contributed by atoms with Crippen LogP contribution in [0.25, 0.3) is 11.1 Å². The van der Waals surface area contributed by atoms with Gasteiger partial charge in [0.05, 0.1) is 45.8 Å². The fourth-order valence-corrected chi connectivity index (χ4v) is 11.8. The number of fused-ring (bicyclic) bond motifs is 6. The first-order valence-electron chi connectivity index (χ1n) is 25.5. The number of ether oxygens (including phenoxy) is 7. The molecule has 0 spiro atoms. The Morgan fingerprint density at radius 3 is 1.58 bits per heavy atom. The van der Waals surface area contributed by atoms with Crippen LogP contribution in [-0.4, -0.2) is 186 Å². The van der Waals surface area contributed by atoms with Crippen LogP contribution in [0, 0.1) is 0 Å². The summed E-state index contributed by atoms with van der Waals surface area (Å²) < 4.78 is 41.0. The Balaban J connectivity index is 1.17. The summed E-state index contributed by atoms with van der Waals surface area (Å²) in [6, 6.07) is 3.96. The average molecular weight is 1240 g/mol. The van der Waals surface area contributed by atoms with Crippen molar-refractivity contribution in [2.24, 2.45) is 0 Å². The molecule has 0 saturated heterocycles. The number of cyclic esters (lactones) is 3. The molecule has 2 bridgehead atoms. The second kappa shape index (κ2) is 19.4. The van der Waals surface area contributed by atoms with Gasteiger partial charge in [-0.1, -0.05) is 0 Å². The second-order valence-electron chi connectivity index (χ2n) is 21.0. The number of phenolic OH excluding ortho intramolecular Hbond substituents is 16. The van der Waals surface area contributed by atoms with Crippen LogP contribution in [0.2, 0.25) is 0 Å². The van der Waals surface area contributed by atoms with Gasteiger partial charge in [-0.15, -0.1) is 0 Å². The standard InChI is InChI=1S/C56H40O33/c57-17-9-18(58)31(44-13(17)5-26(66)43(85-44)11-1-19(59)36(67)20(60)2-11)32-33-34-35-30-16(8-25(65)40(71)46(30)89-56(35,82)55(80,81)49(33)74)53(78)88-48(47(32)87-54(34)79)45-27(84-50(75)12-3-21(61)37(68)22(62)4-12)10-83-51(76)14-6-23(63)38(69)41(72)28(14)29-15(52(77)86-45)7-24(64)39(70)42(29)73/h1-4,6-9,26-27,32,35,43,45,47-48,57-73,80-82H,5,10H2/t26-,27+,32+,35-,43+,45+,47-,48-,56-/m0/s1. The topological polar surface area (TPSA) is 572 Å². The first-order valence-corrected chi connectivity index (χ1v) is 25.5. The molecule has 20 N–H and O–H groups in total. The van der Waals surface area contributed by atoms with E-state index < -0.39 is 279 Å². The van der Waals surface area contributed by atoms with Crippen molar-refractivity contribution >= 4 is 35.6 Å². The number of ketones is 1. The fraction of sp³-hybridized carbons (Fsp3) is 0.214. The summed E-state index contributed by atoms with van der Waals surface area (Å²) in [5, 5.41) is 223. The van der Waals surface area contributed by atoms with Crippen molar-refractivity contribution in [2.75, 3.05) is 6.61 Å². The molecule has 0 amide bonds. The maximum absolute atomic E-state index is 15.4. The number of hydrogen-bond acceptors (Lipinski definition) is 33. The van der Waals surface area contributed by atoms with Crippen molar-refractivity contribution in [1.29, 1.82) is 0 Å². The van der Waals surface area contributed by atoms with Gasteiger partial charge in [-0.3, -0.25) is 4.79 Å². The van der Waals surface area contributed by atoms with Gasteiger partial charge in [0.15, 0.2) is 99.5 Å². The Morgan fingerprint density at radius 2 is 0.989 bits per heavy atom. The number of aliphatic hydroxyl groups is 4. The van der Waals surface area contributed by atoms with E-state index in [1.54, 1.807) is 0 Å². The van der Waals surface area contributed by atoms with Crippen LogP contribution in [0.1, 0.15) is 81.6 Å². The molecule has 0 unspecified atom stereocenters. The SMILES string of the molecule is O=C1O[C@@H]2[C@H]([C@@H]3OC(=O)c4cc(O)c(O)c(O)c4-c4c(cc(O)c(O)c4O)C(=O)OC[C@H]3OC(=O)c3cc(O)c(O)c(O)c3)OC(=O)c3cc(O)c(O)c4c3[C@H]3C1=C(C(=O)C(O)(O)[C@@]3(O)O4)[C@H]2c1c(O)cc(O)c2c1O[C@H](c1cc(O)c(O)c(O)c1)[C@@H](O)C2. The van der Waals surface area contributed by atoms with Crippen molar-refractivity contribution < 1.29 is 164 Å². The predicted molar refractivity (Wildman–Crippen MR) is 275 cm³/mol. The van der Waals surface area contributed by atoms with Crippen LogP contribution < -0.4 is 9.47 Å². The summed E-state index contributed by atoms with van der Waals surface area (Å²) in [5.74, 6) is -48.7. The molecule has 0 fully saturated rings. The molecule has 0 radical (unpaired) electrons. The Labute approximate surface area is 490 Å². The Hall–Kier alpha value is -11.7. The highest BCUT2D eigenvalue weighted by Crippen LogP contribution is 2.65. The number of aromatic hydroxyl groups is 16. The second-order valence-corrected chi connectivity index (χ2v) is 21.0. The molecule has 33 heteroatoms. The zero-order valence-electron chi connectivity index (χ0n) is 43.9. The third-order valence-corrected chi connectivity index (χ3v) is 15.9. The third kappa shape index (κ3) is 8.16. The molecule has 0 aromatic heterocycles. The monoisotopic (exact) mass is 1240 g/mol. The van der Waals surface area contributed by atoms with Gasteiger partial charge in [0.25, 0.3) is 11.6 Å². The maximum Gasteiger partial charge on any atom is 0.339 e. The minimum atomic E-state index is -4.47.